The van der Waals surface area contributed by atoms with Crippen molar-refractivity contribution >= 4 is 15.9 Å². The summed E-state index contributed by atoms with van der Waals surface area (Å²) in [5.74, 6) is 1.66. The van der Waals surface area contributed by atoms with Gasteiger partial charge in [-0.25, -0.2) is 9.97 Å². The van der Waals surface area contributed by atoms with Gasteiger partial charge in [-0.05, 0) is 28.8 Å². The Morgan fingerprint density at radius 2 is 1.91 bits per heavy atom. The summed E-state index contributed by atoms with van der Waals surface area (Å²) in [6.45, 7) is 0. The van der Waals surface area contributed by atoms with Gasteiger partial charge >= 0.3 is 0 Å². The molecule has 1 aromatic rings. The van der Waals surface area contributed by atoms with Crippen molar-refractivity contribution in [3.63, 3.8) is 0 Å². The van der Waals surface area contributed by atoms with E-state index in [1.807, 2.05) is 12.4 Å². The van der Waals surface area contributed by atoms with E-state index in [1.54, 1.807) is 0 Å². The molecule has 1 heterocycles. The molecule has 0 bridgehead atoms. The minimum atomic E-state index is 0.642. The lowest BCUT2D eigenvalue weighted by Gasteiger charge is -2.23. The smallest absolute Gasteiger partial charge is 0.131 e. The summed E-state index contributed by atoms with van der Waals surface area (Å²) in [4.78, 5) is 8.48. The Morgan fingerprint density at radius 3 is 2.36 bits per heavy atom. The second-order valence-corrected chi connectivity index (χ2v) is 3.80. The molecule has 0 saturated heterocycles. The molecule has 0 radical (unpaired) electrons. The second-order valence-electron chi connectivity index (χ2n) is 2.89. The normalized spacial score (nSPS) is 17.9. The summed E-state index contributed by atoms with van der Waals surface area (Å²) in [5.41, 5.74) is 0. The molecular weight excluding hydrogens is 204 g/mol. The molecule has 3 heteroatoms. The lowest BCUT2D eigenvalue weighted by atomic mass is 9.85. The maximum absolute atomic E-state index is 4.24. The van der Waals surface area contributed by atoms with Crippen molar-refractivity contribution in [3.05, 3.63) is 22.7 Å². The molecule has 1 fully saturated rings. The van der Waals surface area contributed by atoms with Crippen LogP contribution in [-0.4, -0.2) is 9.97 Å². The van der Waals surface area contributed by atoms with Crippen molar-refractivity contribution in [2.75, 3.05) is 0 Å². The minimum absolute atomic E-state index is 0.642. The van der Waals surface area contributed by atoms with Gasteiger partial charge in [-0.2, -0.15) is 0 Å². The van der Waals surface area contributed by atoms with Crippen LogP contribution in [0.5, 0.6) is 0 Å². The van der Waals surface area contributed by atoms with Crippen LogP contribution in [-0.2, 0) is 0 Å². The van der Waals surface area contributed by atoms with Gasteiger partial charge in [0.1, 0.15) is 5.82 Å². The zero-order valence-electron chi connectivity index (χ0n) is 6.13. The zero-order valence-corrected chi connectivity index (χ0v) is 7.71. The molecule has 0 N–H and O–H groups in total. The molecule has 0 aromatic carbocycles. The van der Waals surface area contributed by atoms with Crippen LogP contribution in [0.3, 0.4) is 0 Å². The van der Waals surface area contributed by atoms with Crippen molar-refractivity contribution in [2.45, 2.75) is 25.2 Å². The monoisotopic (exact) mass is 212 g/mol. The summed E-state index contributed by atoms with van der Waals surface area (Å²) < 4.78 is 0.959. The summed E-state index contributed by atoms with van der Waals surface area (Å²) in [6, 6.07) is 0. The van der Waals surface area contributed by atoms with Crippen LogP contribution in [0.2, 0.25) is 0 Å². The van der Waals surface area contributed by atoms with E-state index in [0.717, 1.165) is 10.3 Å². The van der Waals surface area contributed by atoms with E-state index in [4.69, 9.17) is 0 Å². The Hall–Kier alpha value is -0.440. The number of hydrogen-bond acceptors (Lipinski definition) is 2. The molecule has 2 rings (SSSR count). The molecule has 0 amide bonds. The zero-order chi connectivity index (χ0) is 7.68. The number of rotatable bonds is 1. The Morgan fingerprint density at radius 1 is 1.27 bits per heavy atom. The molecule has 1 saturated carbocycles. The van der Waals surface area contributed by atoms with Crippen LogP contribution < -0.4 is 0 Å². The summed E-state index contributed by atoms with van der Waals surface area (Å²) in [5, 5.41) is 0. The van der Waals surface area contributed by atoms with Crippen LogP contribution in [0, 0.1) is 0 Å². The van der Waals surface area contributed by atoms with Crippen molar-refractivity contribution < 1.29 is 0 Å². The third kappa shape index (κ3) is 1.43. The average molecular weight is 213 g/mol. The topological polar surface area (TPSA) is 25.8 Å². The highest BCUT2D eigenvalue weighted by atomic mass is 79.9. The van der Waals surface area contributed by atoms with Crippen molar-refractivity contribution in [3.8, 4) is 0 Å². The second kappa shape index (κ2) is 2.89. The molecule has 0 atom stereocenters. The van der Waals surface area contributed by atoms with Crippen LogP contribution in [0.4, 0.5) is 0 Å². The van der Waals surface area contributed by atoms with Gasteiger partial charge in [0.2, 0.25) is 0 Å². The summed E-state index contributed by atoms with van der Waals surface area (Å²) in [6.07, 6.45) is 7.51. The van der Waals surface area contributed by atoms with Gasteiger partial charge in [-0.3, -0.25) is 0 Å². The fraction of sp³-hybridized carbons (Fsp3) is 0.500. The van der Waals surface area contributed by atoms with Crippen molar-refractivity contribution in [1.29, 1.82) is 0 Å². The van der Waals surface area contributed by atoms with E-state index in [9.17, 15) is 0 Å². The van der Waals surface area contributed by atoms with E-state index in [2.05, 4.69) is 25.9 Å². The lowest BCUT2D eigenvalue weighted by Crippen LogP contribution is -2.11. The summed E-state index contributed by atoms with van der Waals surface area (Å²) >= 11 is 3.31. The standard InChI is InChI=1S/C8H9BrN2/c9-7-4-10-8(11-5-7)6-2-1-3-6/h4-6H,1-3H2. The molecule has 1 aliphatic rings. The lowest BCUT2D eigenvalue weighted by molar-refractivity contribution is 0.401. The van der Waals surface area contributed by atoms with Gasteiger partial charge in [0.05, 0.1) is 4.47 Å². The molecule has 2 nitrogen and oxygen atoms in total. The van der Waals surface area contributed by atoms with Gasteiger partial charge in [-0.1, -0.05) is 6.42 Å². The first-order valence-electron chi connectivity index (χ1n) is 3.84. The average Bonchev–Trinajstić information content (AvgIpc) is 1.90. The van der Waals surface area contributed by atoms with E-state index in [-0.39, 0.29) is 0 Å². The van der Waals surface area contributed by atoms with Gasteiger partial charge in [0.15, 0.2) is 0 Å². The predicted octanol–water partition coefficient (Wildman–Crippen LogP) is 2.51. The first-order valence-corrected chi connectivity index (χ1v) is 4.63. The SMILES string of the molecule is Brc1cnc(C2CCC2)nc1. The van der Waals surface area contributed by atoms with Crippen molar-refractivity contribution in [2.24, 2.45) is 0 Å². The maximum Gasteiger partial charge on any atom is 0.131 e. The molecular formula is C8H9BrN2. The van der Waals surface area contributed by atoms with Gasteiger partial charge in [0, 0.05) is 18.3 Å². The Balaban J connectivity index is 2.18. The van der Waals surface area contributed by atoms with Crippen LogP contribution in [0.1, 0.15) is 31.0 Å². The Kier molecular flexibility index (Phi) is 1.90. The molecule has 1 aromatic heterocycles. The third-order valence-corrected chi connectivity index (χ3v) is 2.52. The highest BCUT2D eigenvalue weighted by Crippen LogP contribution is 2.33. The first kappa shape index (κ1) is 7.22. The van der Waals surface area contributed by atoms with Gasteiger partial charge in [-0.15, -0.1) is 0 Å². The van der Waals surface area contributed by atoms with E-state index in [0.29, 0.717) is 5.92 Å². The van der Waals surface area contributed by atoms with E-state index >= 15 is 0 Å². The van der Waals surface area contributed by atoms with E-state index in [1.165, 1.54) is 19.3 Å². The van der Waals surface area contributed by atoms with Crippen molar-refractivity contribution in [1.82, 2.24) is 9.97 Å². The number of nitrogens with zero attached hydrogens (tertiary/aromatic N) is 2. The molecule has 11 heavy (non-hydrogen) atoms. The first-order chi connectivity index (χ1) is 5.36. The predicted molar refractivity (Wildman–Crippen MR) is 46.3 cm³/mol. The highest BCUT2D eigenvalue weighted by Gasteiger charge is 2.21. The molecule has 0 unspecified atom stereocenters. The van der Waals surface area contributed by atoms with Crippen LogP contribution >= 0.6 is 15.9 Å². The fourth-order valence-corrected chi connectivity index (χ4v) is 1.40. The fourth-order valence-electron chi connectivity index (χ4n) is 1.20. The number of halogens is 1. The molecule has 0 spiro atoms. The minimum Gasteiger partial charge on any atom is -0.240 e. The maximum atomic E-state index is 4.24. The van der Waals surface area contributed by atoms with Gasteiger partial charge < -0.3 is 0 Å². The Labute approximate surface area is 74.2 Å². The number of aromatic nitrogens is 2. The van der Waals surface area contributed by atoms with E-state index < -0.39 is 0 Å². The molecule has 1 aliphatic carbocycles. The van der Waals surface area contributed by atoms with Gasteiger partial charge in [0.25, 0.3) is 0 Å². The summed E-state index contributed by atoms with van der Waals surface area (Å²) in [7, 11) is 0. The quantitative estimate of drug-likeness (QED) is 0.716. The molecule has 58 valence electrons. The third-order valence-electron chi connectivity index (χ3n) is 2.11. The van der Waals surface area contributed by atoms with Crippen LogP contribution in [0.25, 0.3) is 0 Å². The highest BCUT2D eigenvalue weighted by molar-refractivity contribution is 9.10. The largest absolute Gasteiger partial charge is 0.240 e. The molecule has 0 aliphatic heterocycles. The Bertz CT molecular complexity index is 241. The number of hydrogen-bond donors (Lipinski definition) is 0. The van der Waals surface area contributed by atoms with Crippen LogP contribution in [0.15, 0.2) is 16.9 Å².